The summed E-state index contributed by atoms with van der Waals surface area (Å²) in [5.41, 5.74) is 20.6. The van der Waals surface area contributed by atoms with Crippen LogP contribution in [0.5, 0.6) is 0 Å². The van der Waals surface area contributed by atoms with Gasteiger partial charge in [-0.2, -0.15) is 0 Å². The predicted octanol–water partition coefficient (Wildman–Crippen LogP) is 15.2. The highest BCUT2D eigenvalue weighted by Crippen LogP contribution is 2.54. The number of hydrogen-bond acceptors (Lipinski definition) is 0. The van der Waals surface area contributed by atoms with Gasteiger partial charge in [-0.25, -0.2) is 0 Å². The van der Waals surface area contributed by atoms with Crippen LogP contribution in [0.3, 0.4) is 0 Å². The van der Waals surface area contributed by atoms with E-state index in [9.17, 15) is 0 Å². The molecule has 1 aromatic heterocycles. The summed E-state index contributed by atoms with van der Waals surface area (Å²) in [5, 5.41) is 2.58. The van der Waals surface area contributed by atoms with Gasteiger partial charge < -0.3 is 4.57 Å². The molecule has 10 aromatic rings. The molecule has 2 atom stereocenters. The molecule has 0 N–H and O–H groups in total. The highest BCUT2D eigenvalue weighted by molar-refractivity contribution is 6.12. The summed E-state index contributed by atoms with van der Waals surface area (Å²) in [5.74, 6) is 0.213. The first-order valence-electron chi connectivity index (χ1n) is 22.2. The predicted molar refractivity (Wildman–Crippen MR) is 259 cm³/mol. The molecule has 9 aromatic carbocycles. The molecule has 0 radical (unpaired) electrons. The zero-order chi connectivity index (χ0) is 41.4. The number of nitrogens with zero attached hydrogens (tertiary/aromatic N) is 1. The second kappa shape index (κ2) is 14.2. The summed E-state index contributed by atoms with van der Waals surface area (Å²) >= 11 is 0. The third kappa shape index (κ3) is 5.41. The first kappa shape index (κ1) is 36.6. The Labute approximate surface area is 364 Å². The van der Waals surface area contributed by atoms with Crippen LogP contribution in [0, 0.1) is 0 Å². The highest BCUT2D eigenvalue weighted by atomic mass is 15.0. The fourth-order valence-electron chi connectivity index (χ4n) is 11.4. The van der Waals surface area contributed by atoms with Gasteiger partial charge >= 0.3 is 0 Å². The van der Waals surface area contributed by atoms with Gasteiger partial charge in [0.05, 0.1) is 22.1 Å². The minimum absolute atomic E-state index is 0.0183. The Morgan fingerprint density at radius 3 is 1.81 bits per heavy atom. The Hall–Kier alpha value is -7.22. The van der Waals surface area contributed by atoms with Crippen LogP contribution in [0.1, 0.15) is 76.3 Å². The molecule has 296 valence electrons. The van der Waals surface area contributed by atoms with Gasteiger partial charge in [0, 0.05) is 22.1 Å². The van der Waals surface area contributed by atoms with Crippen molar-refractivity contribution in [3.05, 3.63) is 268 Å². The average molecular weight is 794 g/mol. The zero-order valence-electron chi connectivity index (χ0n) is 35.2. The first-order valence-corrected chi connectivity index (χ1v) is 22.2. The van der Waals surface area contributed by atoms with Crippen LogP contribution in [0.15, 0.2) is 218 Å². The van der Waals surface area contributed by atoms with Gasteiger partial charge in [0.1, 0.15) is 0 Å². The molecule has 1 aliphatic carbocycles. The van der Waals surface area contributed by atoms with Gasteiger partial charge in [-0.3, -0.25) is 0 Å². The lowest BCUT2D eigenvalue weighted by Crippen LogP contribution is -2.35. The summed E-state index contributed by atoms with van der Waals surface area (Å²) < 4.78 is 2.51. The molecular formula is C61H47N. The Morgan fingerprint density at radius 1 is 0.435 bits per heavy atom. The maximum atomic E-state index is 2.51. The molecule has 0 amide bonds. The van der Waals surface area contributed by atoms with Crippen LogP contribution in [0.4, 0.5) is 0 Å². The monoisotopic (exact) mass is 793 g/mol. The normalized spacial score (nSPS) is 16.2. The number of benzene rings is 9. The van der Waals surface area contributed by atoms with Crippen molar-refractivity contribution in [1.29, 1.82) is 0 Å². The maximum Gasteiger partial charge on any atom is 0.0742 e. The molecule has 0 fully saturated rings. The third-order valence-electron chi connectivity index (χ3n) is 14.4. The van der Waals surface area contributed by atoms with Crippen molar-refractivity contribution in [3.8, 4) is 27.9 Å². The van der Waals surface area contributed by atoms with Gasteiger partial charge in [-0.05, 0) is 97.3 Å². The van der Waals surface area contributed by atoms with Crippen molar-refractivity contribution in [2.24, 2.45) is 0 Å². The largest absolute Gasteiger partial charge is 0.309 e. The smallest absolute Gasteiger partial charge is 0.0742 e. The second-order valence-electron chi connectivity index (χ2n) is 17.9. The van der Waals surface area contributed by atoms with E-state index in [0.29, 0.717) is 0 Å². The summed E-state index contributed by atoms with van der Waals surface area (Å²) in [6.45, 7) is 4.76. The Bertz CT molecular complexity index is 3300. The van der Waals surface area contributed by atoms with Crippen molar-refractivity contribution in [3.63, 3.8) is 0 Å². The first-order chi connectivity index (χ1) is 30.5. The van der Waals surface area contributed by atoms with E-state index in [0.717, 1.165) is 12.8 Å². The van der Waals surface area contributed by atoms with Gasteiger partial charge in [0.25, 0.3) is 0 Å². The van der Waals surface area contributed by atoms with Crippen LogP contribution in [-0.2, 0) is 17.3 Å². The number of rotatable bonds is 8. The molecule has 1 heteroatoms. The van der Waals surface area contributed by atoms with Crippen molar-refractivity contribution >= 4 is 21.8 Å². The van der Waals surface area contributed by atoms with Gasteiger partial charge in [-0.1, -0.05) is 220 Å². The van der Waals surface area contributed by atoms with E-state index < -0.39 is 5.41 Å². The van der Waals surface area contributed by atoms with E-state index >= 15 is 0 Å². The molecule has 2 aliphatic rings. The average Bonchev–Trinajstić information content (AvgIpc) is 3.79. The Balaban J connectivity index is 0.991. The molecule has 1 nitrogen and oxygen atoms in total. The minimum atomic E-state index is -0.526. The molecular weight excluding hydrogens is 747 g/mol. The lowest BCUT2D eigenvalue weighted by Gasteiger charge is -2.41. The molecule has 2 unspecified atom stereocenters. The van der Waals surface area contributed by atoms with Crippen LogP contribution in [-0.4, -0.2) is 4.57 Å². The summed E-state index contributed by atoms with van der Waals surface area (Å²) in [6.07, 6.45) is 1.99. The molecule has 2 heterocycles. The Morgan fingerprint density at radius 2 is 1.02 bits per heavy atom. The van der Waals surface area contributed by atoms with Crippen molar-refractivity contribution in [2.75, 3.05) is 0 Å². The van der Waals surface area contributed by atoms with Crippen LogP contribution < -0.4 is 0 Å². The van der Waals surface area contributed by atoms with Gasteiger partial charge in [-0.15, -0.1) is 0 Å². The molecule has 0 spiro atoms. The third-order valence-corrected chi connectivity index (χ3v) is 14.4. The molecule has 62 heavy (non-hydrogen) atoms. The standard InChI is InChI=1S/C61H47N/c1-60(2)53-23-11-9-20-49(53)50-39-29-41(40-56(50)60)28-38-48(44-32-30-43(31-33-44)42-16-5-3-6-17-42)45-34-36-47(37-35-45)61(46-18-7-4-8-19-46)54-24-12-14-27-58(54)62-57-26-13-10-21-51(57)52-22-15-25-55(61)59(52)62/h3-27,29-37,39-40,48H,28,38H2,1-2H3. The highest BCUT2D eigenvalue weighted by Gasteiger charge is 2.45. The zero-order valence-corrected chi connectivity index (χ0v) is 35.2. The van der Waals surface area contributed by atoms with E-state index in [2.05, 4.69) is 237 Å². The molecule has 1 aliphatic heterocycles. The minimum Gasteiger partial charge on any atom is -0.309 e. The van der Waals surface area contributed by atoms with Crippen molar-refractivity contribution in [2.45, 2.75) is 43.4 Å². The molecule has 0 saturated carbocycles. The van der Waals surface area contributed by atoms with Crippen molar-refractivity contribution < 1.29 is 0 Å². The maximum absolute atomic E-state index is 2.51. The number of aryl methyl sites for hydroxylation is 1. The quantitative estimate of drug-likeness (QED) is 0.144. The second-order valence-corrected chi connectivity index (χ2v) is 17.9. The number of aromatic nitrogens is 1. The fraction of sp³-hybridized carbons (Fsp3) is 0.115. The van der Waals surface area contributed by atoms with Crippen LogP contribution in [0.2, 0.25) is 0 Å². The van der Waals surface area contributed by atoms with Crippen LogP contribution in [0.25, 0.3) is 49.7 Å². The summed E-state index contributed by atoms with van der Waals surface area (Å²) in [7, 11) is 0. The van der Waals surface area contributed by atoms with Gasteiger partial charge in [0.2, 0.25) is 0 Å². The summed E-state index contributed by atoms with van der Waals surface area (Å²) in [6, 6.07) is 82.2. The SMILES string of the molecule is CC1(C)c2ccccc2-c2ccc(CCC(c3ccc(-c4ccccc4)cc3)c3ccc(C4(c5ccccc5)c5ccccc5-n5c6ccccc6c6cccc4c65)cc3)cc21. The van der Waals surface area contributed by atoms with E-state index in [1.807, 2.05) is 0 Å². The van der Waals surface area contributed by atoms with E-state index in [1.165, 1.54) is 99.8 Å². The van der Waals surface area contributed by atoms with E-state index in [1.54, 1.807) is 0 Å². The number of hydrogen-bond donors (Lipinski definition) is 0. The molecule has 0 bridgehead atoms. The van der Waals surface area contributed by atoms with Crippen LogP contribution >= 0.6 is 0 Å². The molecule has 0 saturated heterocycles. The molecule has 12 rings (SSSR count). The van der Waals surface area contributed by atoms with E-state index in [4.69, 9.17) is 0 Å². The van der Waals surface area contributed by atoms with Crippen molar-refractivity contribution in [1.82, 2.24) is 4.57 Å². The lowest BCUT2D eigenvalue weighted by molar-refractivity contribution is 0.656. The Kier molecular flexibility index (Phi) is 8.38. The van der Waals surface area contributed by atoms with E-state index in [-0.39, 0.29) is 11.3 Å². The summed E-state index contributed by atoms with van der Waals surface area (Å²) in [4.78, 5) is 0. The lowest BCUT2D eigenvalue weighted by atomic mass is 9.63. The number of para-hydroxylation sites is 3. The topological polar surface area (TPSA) is 4.93 Å². The van der Waals surface area contributed by atoms with Gasteiger partial charge in [0.15, 0.2) is 0 Å². The fourth-order valence-corrected chi connectivity index (χ4v) is 11.4. The number of fused-ring (bicyclic) bond motifs is 8.